The highest BCUT2D eigenvalue weighted by atomic mass is 19.1. The van der Waals surface area contributed by atoms with Crippen LogP contribution in [0.2, 0.25) is 0 Å². The van der Waals surface area contributed by atoms with E-state index in [2.05, 4.69) is 129 Å². The van der Waals surface area contributed by atoms with E-state index in [0.717, 1.165) is 60.8 Å². The minimum absolute atomic E-state index is 0.383. The summed E-state index contributed by atoms with van der Waals surface area (Å²) in [6.07, 6.45) is 0. The second-order valence-corrected chi connectivity index (χ2v) is 15.7. The highest BCUT2D eigenvalue weighted by Crippen LogP contribution is 2.41. The quantitative estimate of drug-likeness (QED) is 0.175. The molecule has 0 spiro atoms. The molecule has 0 fully saturated rings. The summed E-state index contributed by atoms with van der Waals surface area (Å²) in [4.78, 5) is 0. The lowest BCUT2D eigenvalue weighted by atomic mass is 9.99. The van der Waals surface area contributed by atoms with Crippen LogP contribution in [-0.2, 0) is 0 Å². The largest absolute Gasteiger partial charge is 0.308 e. The zero-order valence-corrected chi connectivity index (χ0v) is 33.6. The number of nitriles is 1. The molecule has 0 N–H and O–H groups in total. The minimum Gasteiger partial charge on any atom is -0.308 e. The van der Waals surface area contributed by atoms with Crippen LogP contribution in [-0.4, -0.2) is 9.13 Å². The minimum atomic E-state index is -0.667. The molecule has 0 aliphatic heterocycles. The molecule has 0 unspecified atom stereocenters. The highest BCUT2D eigenvalue weighted by Gasteiger charge is 2.23. The van der Waals surface area contributed by atoms with Gasteiger partial charge >= 0.3 is 0 Å². The Balaban J connectivity index is 0.000000444. The van der Waals surface area contributed by atoms with Gasteiger partial charge < -0.3 is 9.13 Å². The third-order valence-corrected chi connectivity index (χ3v) is 11.1. The lowest BCUT2D eigenvalue weighted by Crippen LogP contribution is -2.05. The third kappa shape index (κ3) is 6.83. The van der Waals surface area contributed by atoms with Crippen molar-refractivity contribution in [1.29, 1.82) is 5.26 Å². The molecule has 0 amide bonds. The second-order valence-electron chi connectivity index (χ2n) is 15.7. The van der Waals surface area contributed by atoms with Crippen LogP contribution in [0.25, 0.3) is 77.2 Å². The fourth-order valence-corrected chi connectivity index (χ4v) is 8.90. The number of benzene rings is 8. The van der Waals surface area contributed by atoms with Crippen LogP contribution in [0.15, 0.2) is 158 Å². The SMILES string of the molecule is Cc1cc(C)cc(-c2ccc3c(c2)c2ccccc2n3-c2cc(-c3cc(F)cc(F)c3)cc(-n3c4ccccc4c4ccccc43)c2C#N)c1.Cc1cc(C)cc(C)c1. The van der Waals surface area contributed by atoms with Gasteiger partial charge in [-0.25, -0.2) is 8.78 Å². The Morgan fingerprint density at radius 1 is 0.373 bits per heavy atom. The molecule has 59 heavy (non-hydrogen) atoms. The van der Waals surface area contributed by atoms with E-state index < -0.39 is 11.6 Å². The van der Waals surface area contributed by atoms with Crippen LogP contribution in [0.1, 0.15) is 33.4 Å². The zero-order chi connectivity index (χ0) is 40.9. The lowest BCUT2D eigenvalue weighted by Gasteiger charge is -2.18. The molecule has 0 aliphatic carbocycles. The summed E-state index contributed by atoms with van der Waals surface area (Å²) < 4.78 is 33.7. The molecule has 3 nitrogen and oxygen atoms in total. The van der Waals surface area contributed by atoms with Gasteiger partial charge in [0.15, 0.2) is 0 Å². The summed E-state index contributed by atoms with van der Waals surface area (Å²) in [5.74, 6) is -1.33. The van der Waals surface area contributed by atoms with E-state index in [0.29, 0.717) is 28.1 Å². The molecule has 0 aliphatic rings. The number of aromatic nitrogens is 2. The number of rotatable bonds is 4. The second kappa shape index (κ2) is 14.9. The molecule has 8 aromatic carbocycles. The summed E-state index contributed by atoms with van der Waals surface area (Å²) >= 11 is 0. The van der Waals surface area contributed by atoms with Gasteiger partial charge in [-0.1, -0.05) is 125 Å². The summed E-state index contributed by atoms with van der Waals surface area (Å²) in [6.45, 7) is 10.6. The maximum atomic E-state index is 14.8. The summed E-state index contributed by atoms with van der Waals surface area (Å²) in [7, 11) is 0. The highest BCUT2D eigenvalue weighted by molar-refractivity contribution is 6.12. The molecule has 2 aromatic heterocycles. The standard InChI is InChI=1S/C45H29F2N3.C9H12/c1-27-17-28(2)19-30(18-27)29-15-16-43-38(22-29)37-11-5-8-14-42(37)50(43)45-24-32(31-20-33(46)25-34(47)21-31)23-44(39(45)26-48)49-40-12-6-3-9-35(40)36-10-4-7-13-41(36)49;1-7-4-8(2)6-9(3)5-7/h3-25H,1-2H3;4-6H,1-3H3. The van der Waals surface area contributed by atoms with Crippen molar-refractivity contribution in [2.45, 2.75) is 34.6 Å². The van der Waals surface area contributed by atoms with Crippen molar-refractivity contribution in [2.75, 3.05) is 0 Å². The molecule has 0 saturated carbocycles. The molecule has 5 heteroatoms. The summed E-state index contributed by atoms with van der Waals surface area (Å²) in [5.41, 5.74) is 15.1. The van der Waals surface area contributed by atoms with Gasteiger partial charge in [-0.15, -0.1) is 0 Å². The Labute approximate surface area is 342 Å². The van der Waals surface area contributed by atoms with E-state index in [1.165, 1.54) is 39.9 Å². The molecular formula is C54H41F2N3. The van der Waals surface area contributed by atoms with E-state index >= 15 is 0 Å². The monoisotopic (exact) mass is 769 g/mol. The number of halogens is 2. The van der Waals surface area contributed by atoms with Crippen LogP contribution in [0.3, 0.4) is 0 Å². The topological polar surface area (TPSA) is 33.6 Å². The predicted molar refractivity (Wildman–Crippen MR) is 241 cm³/mol. The van der Waals surface area contributed by atoms with E-state index in [-0.39, 0.29) is 0 Å². The molecule has 0 saturated heterocycles. The molecule has 0 bridgehead atoms. The van der Waals surface area contributed by atoms with E-state index in [1.54, 1.807) is 0 Å². The van der Waals surface area contributed by atoms with Gasteiger partial charge in [0, 0.05) is 27.6 Å². The normalized spacial score (nSPS) is 11.3. The van der Waals surface area contributed by atoms with Crippen LogP contribution in [0, 0.1) is 57.6 Å². The van der Waals surface area contributed by atoms with Crippen LogP contribution < -0.4 is 0 Å². The smallest absolute Gasteiger partial charge is 0.126 e. The first-order valence-corrected chi connectivity index (χ1v) is 19.8. The van der Waals surface area contributed by atoms with Gasteiger partial charge in [0.2, 0.25) is 0 Å². The number of nitrogens with zero attached hydrogens (tertiary/aromatic N) is 3. The van der Waals surface area contributed by atoms with Crippen LogP contribution in [0.4, 0.5) is 8.78 Å². The Hall–Kier alpha value is -7.29. The molecule has 286 valence electrons. The Bertz CT molecular complexity index is 3180. The number of aryl methyl sites for hydroxylation is 5. The van der Waals surface area contributed by atoms with Gasteiger partial charge in [-0.3, -0.25) is 0 Å². The van der Waals surface area contributed by atoms with Crippen molar-refractivity contribution in [3.05, 3.63) is 203 Å². The third-order valence-electron chi connectivity index (χ3n) is 11.1. The average molecular weight is 770 g/mol. The van der Waals surface area contributed by atoms with Crippen molar-refractivity contribution in [3.63, 3.8) is 0 Å². The first-order valence-electron chi connectivity index (χ1n) is 19.8. The first-order chi connectivity index (χ1) is 28.6. The maximum Gasteiger partial charge on any atom is 0.126 e. The Kier molecular flexibility index (Phi) is 9.42. The van der Waals surface area contributed by atoms with Gasteiger partial charge in [0.25, 0.3) is 0 Å². The summed E-state index contributed by atoms with van der Waals surface area (Å²) in [5, 5.41) is 15.3. The number of hydrogen-bond donors (Lipinski definition) is 0. The Morgan fingerprint density at radius 3 is 1.20 bits per heavy atom. The van der Waals surface area contributed by atoms with Gasteiger partial charge in [0.1, 0.15) is 23.3 Å². The molecule has 10 aromatic rings. The van der Waals surface area contributed by atoms with Gasteiger partial charge in [0.05, 0.1) is 33.4 Å². The molecule has 0 radical (unpaired) electrons. The van der Waals surface area contributed by atoms with Crippen molar-refractivity contribution in [2.24, 2.45) is 0 Å². The summed E-state index contributed by atoms with van der Waals surface area (Å²) in [6, 6.07) is 53.8. The fourth-order valence-electron chi connectivity index (χ4n) is 8.90. The first kappa shape index (κ1) is 37.3. The van der Waals surface area contributed by atoms with Crippen molar-refractivity contribution in [3.8, 4) is 39.7 Å². The fraction of sp³-hybridized carbons (Fsp3) is 0.0926. The van der Waals surface area contributed by atoms with E-state index in [4.69, 9.17) is 0 Å². The molecule has 10 rings (SSSR count). The maximum absolute atomic E-state index is 14.8. The van der Waals surface area contributed by atoms with Crippen molar-refractivity contribution >= 4 is 43.6 Å². The number of hydrogen-bond acceptors (Lipinski definition) is 1. The van der Waals surface area contributed by atoms with Gasteiger partial charge in [-0.2, -0.15) is 5.26 Å². The van der Waals surface area contributed by atoms with Crippen molar-refractivity contribution in [1.82, 2.24) is 9.13 Å². The average Bonchev–Trinajstić information content (AvgIpc) is 3.72. The van der Waals surface area contributed by atoms with Crippen LogP contribution in [0.5, 0.6) is 0 Å². The molecular weight excluding hydrogens is 729 g/mol. The van der Waals surface area contributed by atoms with Crippen molar-refractivity contribution < 1.29 is 8.78 Å². The van der Waals surface area contributed by atoms with E-state index in [1.807, 2.05) is 60.7 Å². The van der Waals surface area contributed by atoms with Crippen LogP contribution >= 0.6 is 0 Å². The van der Waals surface area contributed by atoms with Gasteiger partial charge in [-0.05, 0) is 111 Å². The predicted octanol–water partition coefficient (Wildman–Crippen LogP) is 14.6. The zero-order valence-electron chi connectivity index (χ0n) is 33.6. The molecule has 2 heterocycles. The lowest BCUT2D eigenvalue weighted by molar-refractivity contribution is 0.584. The number of fused-ring (bicyclic) bond motifs is 6. The molecule has 0 atom stereocenters. The Morgan fingerprint density at radius 2 is 0.746 bits per heavy atom. The van der Waals surface area contributed by atoms with E-state index in [9.17, 15) is 14.0 Å². The number of para-hydroxylation sites is 3.